The van der Waals surface area contributed by atoms with Gasteiger partial charge in [0.1, 0.15) is 5.82 Å². The molecule has 1 aliphatic heterocycles. The average molecular weight is 474 g/mol. The molecule has 0 saturated carbocycles. The zero-order valence-electron chi connectivity index (χ0n) is 18.9. The Balaban J connectivity index is 1.26. The molecular formula is C26H27F4N3O. The lowest BCUT2D eigenvalue weighted by atomic mass is 9.92. The summed E-state index contributed by atoms with van der Waals surface area (Å²) in [7, 11) is 1.71. The number of hydrogen-bond donors (Lipinski definition) is 0. The molecule has 3 aromatic rings. The number of nitrogens with zero attached hydrogens (tertiary/aromatic N) is 3. The third-order valence-corrected chi connectivity index (χ3v) is 6.41. The number of carbonyl (C=O) groups excluding carboxylic acids is 1. The van der Waals surface area contributed by atoms with Crippen LogP contribution in [0.15, 0.2) is 67.0 Å². The van der Waals surface area contributed by atoms with Gasteiger partial charge in [-0.3, -0.25) is 9.69 Å². The summed E-state index contributed by atoms with van der Waals surface area (Å²) in [5.41, 5.74) is 1.79. The molecule has 8 heteroatoms. The van der Waals surface area contributed by atoms with Crippen LogP contribution in [0.5, 0.6) is 0 Å². The van der Waals surface area contributed by atoms with Crippen molar-refractivity contribution in [3.63, 3.8) is 0 Å². The lowest BCUT2D eigenvalue weighted by molar-refractivity contribution is -0.137. The fourth-order valence-corrected chi connectivity index (χ4v) is 4.32. The molecule has 1 amide bonds. The summed E-state index contributed by atoms with van der Waals surface area (Å²) in [6, 6.07) is 13.0. The summed E-state index contributed by atoms with van der Waals surface area (Å²) in [6.07, 6.45) is 1.76. The van der Waals surface area contributed by atoms with Crippen LogP contribution in [0.4, 0.5) is 23.2 Å². The Labute approximate surface area is 196 Å². The standard InChI is InChI=1S/C26H27F4N3O/c1-31(23-8-4-22(27)5-9-23)25(34)16-19-10-13-32(14-11-19)17-20-12-15-33(18-20)24-6-2-21(3-7-24)26(28,29)30/h2-9,12,15,18-19H,10-11,13-14,16-17H2,1H3. The van der Waals surface area contributed by atoms with Crippen molar-refractivity contribution in [1.82, 2.24) is 9.47 Å². The normalized spacial score (nSPS) is 15.4. The number of alkyl halides is 3. The summed E-state index contributed by atoms with van der Waals surface area (Å²) >= 11 is 0. The van der Waals surface area contributed by atoms with Gasteiger partial charge in [-0.1, -0.05) is 0 Å². The first kappa shape index (κ1) is 24.0. The van der Waals surface area contributed by atoms with E-state index in [0.29, 0.717) is 23.7 Å². The molecule has 0 spiro atoms. The molecule has 34 heavy (non-hydrogen) atoms. The summed E-state index contributed by atoms with van der Waals surface area (Å²) in [6.45, 7) is 2.51. The molecule has 0 aliphatic carbocycles. The average Bonchev–Trinajstić information content (AvgIpc) is 3.28. The molecular weight excluding hydrogens is 446 g/mol. The van der Waals surface area contributed by atoms with Crippen molar-refractivity contribution in [2.24, 2.45) is 5.92 Å². The summed E-state index contributed by atoms with van der Waals surface area (Å²) in [5.74, 6) is 0.00810. The van der Waals surface area contributed by atoms with Gasteiger partial charge in [-0.05, 0) is 92.0 Å². The molecule has 4 nitrogen and oxygen atoms in total. The lowest BCUT2D eigenvalue weighted by Gasteiger charge is -2.32. The fraction of sp³-hybridized carbons (Fsp3) is 0.346. The van der Waals surface area contributed by atoms with E-state index in [1.165, 1.54) is 24.3 Å². The van der Waals surface area contributed by atoms with Gasteiger partial charge in [0, 0.05) is 43.8 Å². The molecule has 2 aromatic carbocycles. The Morgan fingerprint density at radius 1 is 1.00 bits per heavy atom. The Kier molecular flexibility index (Phi) is 7.07. The number of likely N-dealkylation sites (tertiary alicyclic amines) is 1. The van der Waals surface area contributed by atoms with E-state index in [9.17, 15) is 22.4 Å². The van der Waals surface area contributed by atoms with E-state index in [1.54, 1.807) is 24.1 Å². The first-order valence-corrected chi connectivity index (χ1v) is 11.3. The van der Waals surface area contributed by atoms with Crippen molar-refractivity contribution in [2.45, 2.75) is 32.0 Å². The van der Waals surface area contributed by atoms with Crippen LogP contribution in [0, 0.1) is 11.7 Å². The van der Waals surface area contributed by atoms with Gasteiger partial charge in [0.25, 0.3) is 0 Å². The Morgan fingerprint density at radius 2 is 1.65 bits per heavy atom. The van der Waals surface area contributed by atoms with Crippen molar-refractivity contribution in [2.75, 3.05) is 25.0 Å². The van der Waals surface area contributed by atoms with E-state index in [-0.39, 0.29) is 11.7 Å². The predicted octanol–water partition coefficient (Wildman–Crippen LogP) is 5.90. The highest BCUT2D eigenvalue weighted by molar-refractivity contribution is 5.92. The lowest BCUT2D eigenvalue weighted by Crippen LogP contribution is -2.36. The predicted molar refractivity (Wildman–Crippen MR) is 123 cm³/mol. The molecule has 0 N–H and O–H groups in total. The zero-order valence-corrected chi connectivity index (χ0v) is 18.9. The maximum Gasteiger partial charge on any atom is 0.416 e. The number of hydrogen-bond acceptors (Lipinski definition) is 2. The first-order chi connectivity index (χ1) is 16.2. The van der Waals surface area contributed by atoms with Gasteiger partial charge in [-0.2, -0.15) is 13.2 Å². The maximum absolute atomic E-state index is 13.1. The molecule has 1 fully saturated rings. The van der Waals surface area contributed by atoms with Gasteiger partial charge in [0.05, 0.1) is 5.56 Å². The summed E-state index contributed by atoms with van der Waals surface area (Å²) in [4.78, 5) is 16.5. The number of rotatable bonds is 6. The van der Waals surface area contributed by atoms with Crippen LogP contribution in [0.3, 0.4) is 0 Å². The smallest absolute Gasteiger partial charge is 0.324 e. The minimum Gasteiger partial charge on any atom is -0.324 e. The van der Waals surface area contributed by atoms with E-state index in [2.05, 4.69) is 4.90 Å². The van der Waals surface area contributed by atoms with Crippen LogP contribution in [-0.4, -0.2) is 35.5 Å². The molecule has 4 rings (SSSR count). The molecule has 0 bridgehead atoms. The van der Waals surface area contributed by atoms with Gasteiger partial charge in [-0.15, -0.1) is 0 Å². The van der Waals surface area contributed by atoms with E-state index >= 15 is 0 Å². The van der Waals surface area contributed by atoms with Gasteiger partial charge in [0.2, 0.25) is 5.91 Å². The van der Waals surface area contributed by atoms with Gasteiger partial charge in [-0.25, -0.2) is 4.39 Å². The second-order valence-corrected chi connectivity index (χ2v) is 8.82. The zero-order chi connectivity index (χ0) is 24.3. The second-order valence-electron chi connectivity index (χ2n) is 8.82. The molecule has 1 aliphatic rings. The van der Waals surface area contributed by atoms with Crippen LogP contribution in [0.1, 0.15) is 30.4 Å². The van der Waals surface area contributed by atoms with Crippen molar-refractivity contribution in [3.05, 3.63) is 83.9 Å². The van der Waals surface area contributed by atoms with Crippen molar-refractivity contribution in [1.29, 1.82) is 0 Å². The van der Waals surface area contributed by atoms with Gasteiger partial charge < -0.3 is 9.47 Å². The number of piperidine rings is 1. The van der Waals surface area contributed by atoms with E-state index in [4.69, 9.17) is 0 Å². The van der Waals surface area contributed by atoms with E-state index < -0.39 is 11.7 Å². The maximum atomic E-state index is 13.1. The molecule has 0 radical (unpaired) electrons. The minimum atomic E-state index is -4.34. The van der Waals surface area contributed by atoms with Crippen molar-refractivity contribution in [3.8, 4) is 5.69 Å². The SMILES string of the molecule is CN(C(=O)CC1CCN(Cc2ccn(-c3ccc(C(F)(F)F)cc3)c2)CC1)c1ccc(F)cc1. The first-order valence-electron chi connectivity index (χ1n) is 11.3. The van der Waals surface area contributed by atoms with Crippen LogP contribution in [0.25, 0.3) is 5.69 Å². The third kappa shape index (κ3) is 5.86. The van der Waals surface area contributed by atoms with Crippen LogP contribution in [0.2, 0.25) is 0 Å². The van der Waals surface area contributed by atoms with Crippen molar-refractivity contribution < 1.29 is 22.4 Å². The highest BCUT2D eigenvalue weighted by atomic mass is 19.4. The number of carbonyl (C=O) groups is 1. The number of anilines is 1. The van der Waals surface area contributed by atoms with Crippen LogP contribution >= 0.6 is 0 Å². The van der Waals surface area contributed by atoms with Crippen molar-refractivity contribution >= 4 is 11.6 Å². The van der Waals surface area contributed by atoms with Crippen LogP contribution < -0.4 is 4.90 Å². The second kappa shape index (κ2) is 10.0. The summed E-state index contributed by atoms with van der Waals surface area (Å²) in [5, 5.41) is 0. The number of amides is 1. The molecule has 180 valence electrons. The monoisotopic (exact) mass is 473 g/mol. The molecule has 1 aromatic heterocycles. The minimum absolute atomic E-state index is 0.0266. The highest BCUT2D eigenvalue weighted by Gasteiger charge is 2.30. The van der Waals surface area contributed by atoms with E-state index in [0.717, 1.165) is 50.2 Å². The Morgan fingerprint density at radius 3 is 2.26 bits per heavy atom. The summed E-state index contributed by atoms with van der Waals surface area (Å²) < 4.78 is 53.2. The van der Waals surface area contributed by atoms with Gasteiger partial charge in [0.15, 0.2) is 0 Å². The molecule has 0 atom stereocenters. The Bertz CT molecular complexity index is 1100. The number of aromatic nitrogens is 1. The topological polar surface area (TPSA) is 28.5 Å². The quantitative estimate of drug-likeness (QED) is 0.417. The van der Waals surface area contributed by atoms with E-state index in [1.807, 2.05) is 23.0 Å². The molecule has 0 unspecified atom stereocenters. The Hall–Kier alpha value is -3.13. The highest BCUT2D eigenvalue weighted by Crippen LogP contribution is 2.30. The fourth-order valence-electron chi connectivity index (χ4n) is 4.32. The molecule has 1 saturated heterocycles. The third-order valence-electron chi connectivity index (χ3n) is 6.41. The molecule has 2 heterocycles. The number of halogens is 4. The van der Waals surface area contributed by atoms with Gasteiger partial charge >= 0.3 is 6.18 Å². The number of benzene rings is 2. The van der Waals surface area contributed by atoms with Crippen LogP contribution in [-0.2, 0) is 17.5 Å². The largest absolute Gasteiger partial charge is 0.416 e.